The lowest BCUT2D eigenvalue weighted by Gasteiger charge is -2.18. The van der Waals surface area contributed by atoms with Gasteiger partial charge in [0.1, 0.15) is 11.6 Å². The maximum atomic E-state index is 14.0. The molecule has 2 aromatic carbocycles. The van der Waals surface area contributed by atoms with Crippen molar-refractivity contribution in [3.8, 4) is 5.75 Å². The molecule has 0 spiro atoms. The Bertz CT molecular complexity index is 615. The summed E-state index contributed by atoms with van der Waals surface area (Å²) in [4.78, 5) is 0. The molecule has 106 valence electrons. The Labute approximate surface area is 126 Å². The predicted molar refractivity (Wildman–Crippen MR) is 82.5 cm³/mol. The van der Waals surface area contributed by atoms with Crippen LogP contribution in [0.25, 0.3) is 0 Å². The first-order valence-electron chi connectivity index (χ1n) is 6.46. The Balaban J connectivity index is 2.49. The molecule has 0 aliphatic carbocycles. The van der Waals surface area contributed by atoms with Gasteiger partial charge in [-0.1, -0.05) is 33.6 Å². The second kappa shape index (κ2) is 6.37. The molecule has 0 aromatic heterocycles. The minimum atomic E-state index is -0.561. The van der Waals surface area contributed by atoms with Crippen LogP contribution in [0.3, 0.4) is 0 Å². The highest BCUT2D eigenvalue weighted by atomic mass is 79.9. The van der Waals surface area contributed by atoms with Crippen molar-refractivity contribution in [2.24, 2.45) is 5.73 Å². The van der Waals surface area contributed by atoms with E-state index in [-0.39, 0.29) is 5.82 Å². The third-order valence-corrected chi connectivity index (χ3v) is 3.59. The summed E-state index contributed by atoms with van der Waals surface area (Å²) < 4.78 is 20.4. The summed E-state index contributed by atoms with van der Waals surface area (Å²) in [5.74, 6) is 0.384. The van der Waals surface area contributed by atoms with Crippen molar-refractivity contribution in [2.45, 2.75) is 19.9 Å². The van der Waals surface area contributed by atoms with E-state index >= 15 is 0 Å². The number of nitrogens with two attached hydrogens (primary N) is 1. The van der Waals surface area contributed by atoms with Crippen LogP contribution >= 0.6 is 15.9 Å². The van der Waals surface area contributed by atoms with Crippen LogP contribution in [0, 0.1) is 12.7 Å². The Hall–Kier alpha value is -1.39. The zero-order valence-electron chi connectivity index (χ0n) is 11.5. The molecule has 0 heterocycles. The van der Waals surface area contributed by atoms with Crippen molar-refractivity contribution in [3.05, 3.63) is 63.4 Å². The first kappa shape index (κ1) is 15.0. The Morgan fingerprint density at radius 3 is 2.65 bits per heavy atom. The van der Waals surface area contributed by atoms with Gasteiger partial charge in [0.05, 0.1) is 12.6 Å². The van der Waals surface area contributed by atoms with Crippen LogP contribution in [0.1, 0.15) is 29.7 Å². The minimum Gasteiger partial charge on any atom is -0.494 e. The number of ether oxygens (including phenoxy) is 1. The molecule has 4 heteroatoms. The normalized spacial score (nSPS) is 12.2. The van der Waals surface area contributed by atoms with E-state index in [0.717, 1.165) is 15.6 Å². The fourth-order valence-corrected chi connectivity index (χ4v) is 2.50. The lowest BCUT2D eigenvalue weighted by atomic mass is 9.97. The monoisotopic (exact) mass is 337 g/mol. The van der Waals surface area contributed by atoms with Gasteiger partial charge in [-0.3, -0.25) is 0 Å². The number of hydrogen-bond donors (Lipinski definition) is 1. The fourth-order valence-electron chi connectivity index (χ4n) is 2.12. The van der Waals surface area contributed by atoms with Crippen LogP contribution in [0.2, 0.25) is 0 Å². The first-order valence-corrected chi connectivity index (χ1v) is 7.26. The Morgan fingerprint density at radius 2 is 1.95 bits per heavy atom. The van der Waals surface area contributed by atoms with E-state index in [0.29, 0.717) is 17.9 Å². The number of benzene rings is 2. The first-order chi connectivity index (χ1) is 9.52. The summed E-state index contributed by atoms with van der Waals surface area (Å²) in [5, 5.41) is 0. The summed E-state index contributed by atoms with van der Waals surface area (Å²) in [5.41, 5.74) is 8.55. The smallest absolute Gasteiger partial charge is 0.128 e. The molecule has 0 bridgehead atoms. The van der Waals surface area contributed by atoms with E-state index in [2.05, 4.69) is 15.9 Å². The molecule has 20 heavy (non-hydrogen) atoms. The third kappa shape index (κ3) is 3.19. The topological polar surface area (TPSA) is 35.2 Å². The van der Waals surface area contributed by atoms with Gasteiger partial charge in [-0.15, -0.1) is 0 Å². The molecule has 0 radical (unpaired) electrons. The number of hydrogen-bond acceptors (Lipinski definition) is 2. The molecule has 0 aliphatic rings. The van der Waals surface area contributed by atoms with Crippen molar-refractivity contribution >= 4 is 15.9 Å². The van der Waals surface area contributed by atoms with Crippen molar-refractivity contribution in [2.75, 3.05) is 6.61 Å². The highest BCUT2D eigenvalue weighted by Gasteiger charge is 2.18. The molecular weight excluding hydrogens is 321 g/mol. The third-order valence-electron chi connectivity index (χ3n) is 3.09. The molecule has 1 atom stereocenters. The Morgan fingerprint density at radius 1 is 1.20 bits per heavy atom. The maximum absolute atomic E-state index is 14.0. The highest BCUT2D eigenvalue weighted by molar-refractivity contribution is 9.10. The zero-order valence-corrected chi connectivity index (χ0v) is 13.1. The van der Waals surface area contributed by atoms with Gasteiger partial charge in [0.15, 0.2) is 0 Å². The predicted octanol–water partition coefficient (Wildman–Crippen LogP) is 4.34. The summed E-state index contributed by atoms with van der Waals surface area (Å²) in [6.45, 7) is 4.43. The molecule has 1 unspecified atom stereocenters. The van der Waals surface area contributed by atoms with Gasteiger partial charge in [-0.05, 0) is 38.1 Å². The van der Waals surface area contributed by atoms with Crippen LogP contribution < -0.4 is 10.5 Å². The summed E-state index contributed by atoms with van der Waals surface area (Å²) in [7, 11) is 0. The van der Waals surface area contributed by atoms with Crippen LogP contribution in [0.15, 0.2) is 40.9 Å². The molecule has 0 fully saturated rings. The summed E-state index contributed by atoms with van der Waals surface area (Å²) >= 11 is 3.35. The molecule has 2 aromatic rings. The average molecular weight is 338 g/mol. The van der Waals surface area contributed by atoms with Crippen molar-refractivity contribution < 1.29 is 9.13 Å². The van der Waals surface area contributed by atoms with Gasteiger partial charge >= 0.3 is 0 Å². The van der Waals surface area contributed by atoms with E-state index in [1.54, 1.807) is 12.1 Å². The van der Waals surface area contributed by atoms with Crippen LogP contribution in [0.5, 0.6) is 5.75 Å². The second-order valence-corrected chi connectivity index (χ2v) is 5.53. The quantitative estimate of drug-likeness (QED) is 0.900. The van der Waals surface area contributed by atoms with Crippen molar-refractivity contribution in [1.29, 1.82) is 0 Å². The highest BCUT2D eigenvalue weighted by Crippen LogP contribution is 2.31. The van der Waals surface area contributed by atoms with Gasteiger partial charge in [0.2, 0.25) is 0 Å². The average Bonchev–Trinajstić information content (AvgIpc) is 2.43. The van der Waals surface area contributed by atoms with Gasteiger partial charge in [-0.2, -0.15) is 0 Å². The van der Waals surface area contributed by atoms with E-state index in [9.17, 15) is 4.39 Å². The minimum absolute atomic E-state index is 0.315. The van der Waals surface area contributed by atoms with Gasteiger partial charge in [0, 0.05) is 15.6 Å². The molecule has 2 N–H and O–H groups in total. The molecule has 0 amide bonds. The molecule has 0 aliphatic heterocycles. The second-order valence-electron chi connectivity index (χ2n) is 4.62. The van der Waals surface area contributed by atoms with Crippen LogP contribution in [-0.2, 0) is 0 Å². The summed E-state index contributed by atoms with van der Waals surface area (Å²) in [6.07, 6.45) is 0. The van der Waals surface area contributed by atoms with Gasteiger partial charge in [-0.25, -0.2) is 4.39 Å². The van der Waals surface area contributed by atoms with Crippen molar-refractivity contribution in [3.63, 3.8) is 0 Å². The standard InChI is InChI=1S/C16H17BrFNO/c1-3-20-15-7-4-10(2)8-13(15)16(19)12-9-11(17)5-6-14(12)18/h4-9,16H,3,19H2,1-2H3. The lowest BCUT2D eigenvalue weighted by Crippen LogP contribution is -2.15. The maximum Gasteiger partial charge on any atom is 0.128 e. The molecule has 2 rings (SSSR count). The van der Waals surface area contributed by atoms with Gasteiger partial charge in [0.25, 0.3) is 0 Å². The summed E-state index contributed by atoms with van der Waals surface area (Å²) in [6, 6.07) is 9.99. The van der Waals surface area contributed by atoms with Crippen molar-refractivity contribution in [1.82, 2.24) is 0 Å². The SMILES string of the molecule is CCOc1ccc(C)cc1C(N)c1cc(Br)ccc1F. The molecule has 0 saturated carbocycles. The molecular formula is C16H17BrFNO. The number of halogens is 2. The van der Waals surface area contributed by atoms with E-state index in [4.69, 9.17) is 10.5 Å². The van der Waals surface area contributed by atoms with E-state index < -0.39 is 6.04 Å². The van der Waals surface area contributed by atoms with Crippen LogP contribution in [0.4, 0.5) is 4.39 Å². The van der Waals surface area contributed by atoms with E-state index in [1.807, 2.05) is 32.0 Å². The van der Waals surface area contributed by atoms with Gasteiger partial charge < -0.3 is 10.5 Å². The fraction of sp³-hybridized carbons (Fsp3) is 0.250. The van der Waals surface area contributed by atoms with E-state index in [1.165, 1.54) is 6.07 Å². The lowest BCUT2D eigenvalue weighted by molar-refractivity contribution is 0.335. The van der Waals surface area contributed by atoms with Crippen LogP contribution in [-0.4, -0.2) is 6.61 Å². The zero-order chi connectivity index (χ0) is 14.7. The number of rotatable bonds is 4. The largest absolute Gasteiger partial charge is 0.494 e. The number of aryl methyl sites for hydroxylation is 1. The molecule has 0 saturated heterocycles. The molecule has 2 nitrogen and oxygen atoms in total. The Kier molecular flexibility index (Phi) is 4.78.